The molecule has 0 bridgehead atoms. The highest BCUT2D eigenvalue weighted by molar-refractivity contribution is 6.70. The first kappa shape index (κ1) is 17.6. The van der Waals surface area contributed by atoms with Crippen LogP contribution in [0.25, 0.3) is 0 Å². The van der Waals surface area contributed by atoms with Gasteiger partial charge < -0.3 is 8.85 Å². The summed E-state index contributed by atoms with van der Waals surface area (Å²) in [7, 11) is -3.26. The highest BCUT2D eigenvalue weighted by Gasteiger charge is 2.28. The average Bonchev–Trinajstić information content (AvgIpc) is 2.24. The van der Waals surface area contributed by atoms with Crippen LogP contribution in [0.5, 0.6) is 0 Å². The third kappa shape index (κ3) is 5.87. The fourth-order valence-corrected chi connectivity index (χ4v) is 4.03. The predicted octanol–water partition coefficient (Wildman–Crippen LogP) is 5.81. The fraction of sp³-hybridized carbons (Fsp3) is 0.750. The van der Waals surface area contributed by atoms with Crippen LogP contribution in [-0.2, 0) is 8.85 Å². The van der Waals surface area contributed by atoms with E-state index >= 15 is 0 Å². The standard InChI is InChI=1S/C16H32O2Si2/c1-13-11-9-10-12-14(2)16(18-20(6,7)8)15(13)17-19(3,4)5/h9-12H2,1-8H3. The minimum absolute atomic E-state index is 1.06. The Labute approximate surface area is 127 Å². The molecule has 1 aliphatic carbocycles. The van der Waals surface area contributed by atoms with Gasteiger partial charge in [0.05, 0.1) is 0 Å². The summed E-state index contributed by atoms with van der Waals surface area (Å²) in [5, 5.41) is 0. The largest absolute Gasteiger partial charge is 0.542 e. The third-order valence-corrected chi connectivity index (χ3v) is 4.78. The zero-order valence-electron chi connectivity index (χ0n) is 14.6. The monoisotopic (exact) mass is 312 g/mol. The SMILES string of the molecule is CC1=C(O[Si](C)(C)C)C(O[Si](C)(C)C)=C(C)CCCC1. The first-order valence-corrected chi connectivity index (χ1v) is 14.6. The summed E-state index contributed by atoms with van der Waals surface area (Å²) >= 11 is 0. The van der Waals surface area contributed by atoms with Crippen molar-refractivity contribution in [1.82, 2.24) is 0 Å². The summed E-state index contributed by atoms with van der Waals surface area (Å²) in [5.41, 5.74) is 2.72. The van der Waals surface area contributed by atoms with Gasteiger partial charge in [-0.1, -0.05) is 0 Å². The summed E-state index contributed by atoms with van der Waals surface area (Å²) in [6.45, 7) is 17.9. The van der Waals surface area contributed by atoms with E-state index in [4.69, 9.17) is 8.85 Å². The van der Waals surface area contributed by atoms with Gasteiger partial charge in [-0.25, -0.2) is 0 Å². The van der Waals surface area contributed by atoms with Crippen LogP contribution < -0.4 is 0 Å². The van der Waals surface area contributed by atoms with Crippen LogP contribution in [0.15, 0.2) is 22.7 Å². The lowest BCUT2D eigenvalue weighted by Crippen LogP contribution is -2.31. The van der Waals surface area contributed by atoms with Crippen LogP contribution in [0, 0.1) is 0 Å². The highest BCUT2D eigenvalue weighted by Crippen LogP contribution is 2.33. The fourth-order valence-electron chi connectivity index (χ4n) is 2.27. The molecule has 0 unspecified atom stereocenters. The average molecular weight is 313 g/mol. The van der Waals surface area contributed by atoms with Crippen molar-refractivity contribution in [2.75, 3.05) is 0 Å². The Morgan fingerprint density at radius 3 is 1.20 bits per heavy atom. The van der Waals surface area contributed by atoms with E-state index in [1.165, 1.54) is 24.0 Å². The van der Waals surface area contributed by atoms with Gasteiger partial charge >= 0.3 is 0 Å². The molecule has 0 saturated carbocycles. The highest BCUT2D eigenvalue weighted by atomic mass is 28.4. The van der Waals surface area contributed by atoms with E-state index in [1.54, 1.807) is 0 Å². The molecular formula is C16H32O2Si2. The maximum Gasteiger partial charge on any atom is 0.242 e. The molecule has 0 spiro atoms. The smallest absolute Gasteiger partial charge is 0.242 e. The van der Waals surface area contributed by atoms with E-state index in [-0.39, 0.29) is 0 Å². The van der Waals surface area contributed by atoms with Gasteiger partial charge in [0.25, 0.3) is 0 Å². The van der Waals surface area contributed by atoms with Crippen molar-refractivity contribution >= 4 is 16.6 Å². The summed E-state index contributed by atoms with van der Waals surface area (Å²) in [5.74, 6) is 2.12. The molecule has 4 heteroatoms. The van der Waals surface area contributed by atoms with Crippen LogP contribution in [-0.4, -0.2) is 16.6 Å². The molecule has 0 aliphatic heterocycles. The Bertz CT molecular complexity index is 369. The molecule has 0 atom stereocenters. The van der Waals surface area contributed by atoms with Crippen molar-refractivity contribution < 1.29 is 8.85 Å². The topological polar surface area (TPSA) is 18.5 Å². The molecule has 2 nitrogen and oxygen atoms in total. The zero-order chi connectivity index (χ0) is 15.6. The molecule has 20 heavy (non-hydrogen) atoms. The van der Waals surface area contributed by atoms with E-state index in [1.807, 2.05) is 0 Å². The number of hydrogen-bond donors (Lipinski definition) is 0. The van der Waals surface area contributed by atoms with Crippen molar-refractivity contribution in [1.29, 1.82) is 0 Å². The van der Waals surface area contributed by atoms with Crippen molar-refractivity contribution in [3.05, 3.63) is 22.7 Å². The number of rotatable bonds is 4. The van der Waals surface area contributed by atoms with Gasteiger partial charge in [0, 0.05) is 0 Å². The molecule has 0 saturated heterocycles. The quantitative estimate of drug-likeness (QED) is 0.610. The second kappa shape index (κ2) is 6.52. The molecule has 0 aromatic carbocycles. The number of hydrogen-bond acceptors (Lipinski definition) is 2. The van der Waals surface area contributed by atoms with E-state index in [0.717, 1.165) is 24.4 Å². The molecule has 0 aromatic rings. The normalized spacial score (nSPS) is 18.8. The van der Waals surface area contributed by atoms with Crippen LogP contribution in [0.4, 0.5) is 0 Å². The summed E-state index contributed by atoms with van der Waals surface area (Å²) < 4.78 is 12.8. The first-order chi connectivity index (χ1) is 8.99. The Morgan fingerprint density at radius 2 is 0.950 bits per heavy atom. The Kier molecular flexibility index (Phi) is 5.73. The summed E-state index contributed by atoms with van der Waals surface area (Å²) in [4.78, 5) is 0. The van der Waals surface area contributed by atoms with Crippen LogP contribution in [0.2, 0.25) is 39.3 Å². The van der Waals surface area contributed by atoms with Crippen LogP contribution >= 0.6 is 0 Å². The van der Waals surface area contributed by atoms with Crippen molar-refractivity contribution in [2.24, 2.45) is 0 Å². The van der Waals surface area contributed by atoms with Gasteiger partial charge in [-0.2, -0.15) is 0 Å². The van der Waals surface area contributed by atoms with Crippen molar-refractivity contribution in [3.63, 3.8) is 0 Å². The second-order valence-corrected chi connectivity index (χ2v) is 16.7. The molecule has 0 N–H and O–H groups in total. The molecule has 0 aromatic heterocycles. The van der Waals surface area contributed by atoms with Gasteiger partial charge in [-0.15, -0.1) is 0 Å². The maximum atomic E-state index is 6.41. The van der Waals surface area contributed by atoms with Crippen LogP contribution in [0.3, 0.4) is 0 Å². The Balaban J connectivity index is 3.24. The van der Waals surface area contributed by atoms with Gasteiger partial charge in [0.1, 0.15) is 11.5 Å². The Morgan fingerprint density at radius 1 is 0.650 bits per heavy atom. The molecular weight excluding hydrogens is 280 g/mol. The Hall–Kier alpha value is -0.486. The van der Waals surface area contributed by atoms with Crippen LogP contribution in [0.1, 0.15) is 39.5 Å². The van der Waals surface area contributed by atoms with E-state index in [2.05, 4.69) is 53.1 Å². The first-order valence-electron chi connectivity index (χ1n) is 7.77. The molecule has 0 fully saturated rings. The van der Waals surface area contributed by atoms with Gasteiger partial charge in [0.2, 0.25) is 16.6 Å². The van der Waals surface area contributed by atoms with E-state index in [9.17, 15) is 0 Å². The minimum Gasteiger partial charge on any atom is -0.542 e. The number of allylic oxidation sites excluding steroid dienone is 2. The maximum absolute atomic E-state index is 6.41. The molecule has 0 radical (unpaired) electrons. The molecule has 116 valence electrons. The van der Waals surface area contributed by atoms with Crippen molar-refractivity contribution in [3.8, 4) is 0 Å². The second-order valence-electron chi connectivity index (χ2n) is 7.85. The molecule has 0 amide bonds. The third-order valence-electron chi connectivity index (χ3n) is 3.15. The molecule has 0 heterocycles. The lowest BCUT2D eigenvalue weighted by atomic mass is 9.99. The predicted molar refractivity (Wildman–Crippen MR) is 92.7 cm³/mol. The van der Waals surface area contributed by atoms with Gasteiger partial charge in [-0.05, 0) is 90.0 Å². The minimum atomic E-state index is -1.63. The summed E-state index contributed by atoms with van der Waals surface area (Å²) in [6.07, 6.45) is 4.77. The molecule has 1 rings (SSSR count). The van der Waals surface area contributed by atoms with Gasteiger partial charge in [0.15, 0.2) is 0 Å². The lowest BCUT2D eigenvalue weighted by Gasteiger charge is -2.31. The lowest BCUT2D eigenvalue weighted by molar-refractivity contribution is 0.328. The van der Waals surface area contributed by atoms with Crippen molar-refractivity contribution in [2.45, 2.75) is 78.8 Å². The zero-order valence-corrected chi connectivity index (χ0v) is 16.6. The van der Waals surface area contributed by atoms with E-state index < -0.39 is 16.6 Å². The molecule has 1 aliphatic rings. The van der Waals surface area contributed by atoms with Gasteiger partial charge in [-0.3, -0.25) is 0 Å². The summed E-state index contributed by atoms with van der Waals surface area (Å²) in [6, 6.07) is 0. The van der Waals surface area contributed by atoms with E-state index in [0.29, 0.717) is 0 Å².